The first-order valence-corrected chi connectivity index (χ1v) is 7.29. The number of esters is 1. The van der Waals surface area contributed by atoms with E-state index in [4.69, 9.17) is 9.47 Å². The van der Waals surface area contributed by atoms with E-state index < -0.39 is 5.97 Å². The van der Waals surface area contributed by atoms with Crippen molar-refractivity contribution in [3.63, 3.8) is 0 Å². The minimum atomic E-state index is -0.413. The molecule has 0 saturated heterocycles. The lowest BCUT2D eigenvalue weighted by Crippen LogP contribution is -2.14. The highest BCUT2D eigenvalue weighted by Crippen LogP contribution is 2.11. The fourth-order valence-corrected chi connectivity index (χ4v) is 1.98. The topological polar surface area (TPSA) is 64.6 Å². The van der Waals surface area contributed by atoms with Crippen molar-refractivity contribution in [3.8, 4) is 0 Å². The number of rotatable bonds is 7. The first-order chi connectivity index (χ1) is 11.2. The summed E-state index contributed by atoms with van der Waals surface area (Å²) in [6.45, 7) is 0.574. The number of benzene rings is 2. The first-order valence-electron chi connectivity index (χ1n) is 7.29. The summed E-state index contributed by atoms with van der Waals surface area (Å²) in [5, 5.41) is 2.80. The third-order valence-corrected chi connectivity index (χ3v) is 3.13. The fourth-order valence-electron chi connectivity index (χ4n) is 1.98. The van der Waals surface area contributed by atoms with Crippen LogP contribution in [0, 0.1) is 0 Å². The molecule has 120 valence electrons. The van der Waals surface area contributed by atoms with Gasteiger partial charge in [-0.05, 0) is 29.8 Å². The van der Waals surface area contributed by atoms with Crippen LogP contribution in [0.5, 0.6) is 0 Å². The van der Waals surface area contributed by atoms with E-state index >= 15 is 0 Å². The quantitative estimate of drug-likeness (QED) is 0.630. The number of anilines is 1. The Kier molecular flexibility index (Phi) is 6.32. The number of carbonyl (C=O) groups is 2. The van der Waals surface area contributed by atoms with Crippen molar-refractivity contribution in [2.75, 3.05) is 25.6 Å². The number of carbonyl (C=O) groups excluding carboxylic acids is 2. The Hall–Kier alpha value is -2.66. The van der Waals surface area contributed by atoms with Crippen molar-refractivity contribution >= 4 is 17.6 Å². The number of nitrogens with one attached hydrogen (secondary N) is 1. The Bertz CT molecular complexity index is 638. The van der Waals surface area contributed by atoms with Crippen LogP contribution in [-0.4, -0.2) is 32.2 Å². The van der Waals surface area contributed by atoms with Gasteiger partial charge < -0.3 is 14.8 Å². The molecule has 0 radical (unpaired) electrons. The molecule has 0 aliphatic carbocycles. The Morgan fingerprint density at radius 3 is 2.30 bits per heavy atom. The van der Waals surface area contributed by atoms with Gasteiger partial charge in [0.1, 0.15) is 6.61 Å². The number of hydrogen-bond donors (Lipinski definition) is 1. The molecule has 0 heterocycles. The summed E-state index contributed by atoms with van der Waals surface area (Å²) in [5.41, 5.74) is 2.02. The molecule has 0 aromatic heterocycles. The largest absolute Gasteiger partial charge is 0.460 e. The number of methoxy groups -OCH3 is 1. The Morgan fingerprint density at radius 2 is 1.65 bits per heavy atom. The summed E-state index contributed by atoms with van der Waals surface area (Å²) in [6.07, 6.45) is 0.307. The van der Waals surface area contributed by atoms with Gasteiger partial charge in [-0.15, -0.1) is 0 Å². The normalized spacial score (nSPS) is 10.1. The highest BCUT2D eigenvalue weighted by atomic mass is 16.6. The molecule has 2 aromatic rings. The fraction of sp³-hybridized carbons (Fsp3) is 0.222. The molecule has 1 N–H and O–H groups in total. The van der Waals surface area contributed by atoms with Crippen LogP contribution < -0.4 is 5.32 Å². The third kappa shape index (κ3) is 5.56. The third-order valence-electron chi connectivity index (χ3n) is 3.13. The van der Waals surface area contributed by atoms with E-state index in [1.165, 1.54) is 0 Å². The van der Waals surface area contributed by atoms with Gasteiger partial charge >= 0.3 is 5.97 Å². The zero-order valence-corrected chi connectivity index (χ0v) is 13.0. The maximum atomic E-state index is 12.0. The van der Waals surface area contributed by atoms with Gasteiger partial charge in [0.05, 0.1) is 18.6 Å². The van der Waals surface area contributed by atoms with Crippen molar-refractivity contribution in [2.24, 2.45) is 0 Å². The standard InChI is InChI=1S/C18H19NO4/c1-22-11-12-23-18(21)15-7-9-16(10-8-15)19-17(20)13-14-5-3-2-4-6-14/h2-10H,11-13H2,1H3,(H,19,20). The second kappa shape index (κ2) is 8.70. The second-order valence-corrected chi connectivity index (χ2v) is 4.92. The molecule has 2 aromatic carbocycles. The SMILES string of the molecule is COCCOC(=O)c1ccc(NC(=O)Cc2ccccc2)cc1. The molecule has 0 spiro atoms. The zero-order valence-electron chi connectivity index (χ0n) is 13.0. The zero-order chi connectivity index (χ0) is 16.5. The van der Waals surface area contributed by atoms with Gasteiger partial charge in [0.2, 0.25) is 5.91 Å². The van der Waals surface area contributed by atoms with E-state index in [1.54, 1.807) is 31.4 Å². The summed E-state index contributed by atoms with van der Waals surface area (Å²) in [4.78, 5) is 23.7. The Balaban J connectivity index is 1.87. The van der Waals surface area contributed by atoms with Gasteiger partial charge in [-0.25, -0.2) is 4.79 Å². The van der Waals surface area contributed by atoms with Crippen molar-refractivity contribution in [1.82, 2.24) is 0 Å². The predicted octanol–water partition coefficient (Wildman–Crippen LogP) is 2.67. The molecular formula is C18H19NO4. The minimum Gasteiger partial charge on any atom is -0.460 e. The van der Waals surface area contributed by atoms with Crippen LogP contribution in [0.25, 0.3) is 0 Å². The lowest BCUT2D eigenvalue weighted by Gasteiger charge is -2.07. The molecule has 1 amide bonds. The van der Waals surface area contributed by atoms with Crippen LogP contribution in [-0.2, 0) is 20.7 Å². The molecule has 0 unspecified atom stereocenters. The molecule has 2 rings (SSSR count). The van der Waals surface area contributed by atoms with Gasteiger partial charge in [-0.1, -0.05) is 30.3 Å². The van der Waals surface area contributed by atoms with Crippen LogP contribution in [0.1, 0.15) is 15.9 Å². The molecule has 0 aliphatic rings. The summed E-state index contributed by atoms with van der Waals surface area (Å²) < 4.78 is 9.83. The van der Waals surface area contributed by atoms with E-state index in [9.17, 15) is 9.59 Å². The smallest absolute Gasteiger partial charge is 0.338 e. The molecule has 0 fully saturated rings. The average Bonchev–Trinajstić information content (AvgIpc) is 2.56. The summed E-state index contributed by atoms with van der Waals surface area (Å²) >= 11 is 0. The highest BCUT2D eigenvalue weighted by Gasteiger charge is 2.08. The van der Waals surface area contributed by atoms with E-state index in [0.717, 1.165) is 5.56 Å². The number of amides is 1. The lowest BCUT2D eigenvalue weighted by atomic mass is 10.1. The van der Waals surface area contributed by atoms with Crippen molar-refractivity contribution in [1.29, 1.82) is 0 Å². The van der Waals surface area contributed by atoms with Crippen LogP contribution in [0.4, 0.5) is 5.69 Å². The highest BCUT2D eigenvalue weighted by molar-refractivity contribution is 5.94. The molecule has 0 bridgehead atoms. The lowest BCUT2D eigenvalue weighted by molar-refractivity contribution is -0.115. The monoisotopic (exact) mass is 313 g/mol. The molecule has 23 heavy (non-hydrogen) atoms. The molecule has 5 nitrogen and oxygen atoms in total. The molecule has 0 aliphatic heterocycles. The maximum absolute atomic E-state index is 12.0. The Morgan fingerprint density at radius 1 is 0.957 bits per heavy atom. The van der Waals surface area contributed by atoms with E-state index in [0.29, 0.717) is 24.3 Å². The number of hydrogen-bond acceptors (Lipinski definition) is 4. The second-order valence-electron chi connectivity index (χ2n) is 4.92. The van der Waals surface area contributed by atoms with Crippen molar-refractivity contribution in [3.05, 3.63) is 65.7 Å². The van der Waals surface area contributed by atoms with Crippen LogP contribution in [0.15, 0.2) is 54.6 Å². The van der Waals surface area contributed by atoms with Crippen LogP contribution >= 0.6 is 0 Å². The maximum Gasteiger partial charge on any atom is 0.338 e. The first kappa shape index (κ1) is 16.7. The molecule has 0 atom stereocenters. The van der Waals surface area contributed by atoms with Gasteiger partial charge in [-0.3, -0.25) is 4.79 Å². The van der Waals surface area contributed by atoms with E-state index in [-0.39, 0.29) is 12.5 Å². The van der Waals surface area contributed by atoms with E-state index in [1.807, 2.05) is 30.3 Å². The van der Waals surface area contributed by atoms with Crippen molar-refractivity contribution in [2.45, 2.75) is 6.42 Å². The van der Waals surface area contributed by atoms with Crippen molar-refractivity contribution < 1.29 is 19.1 Å². The van der Waals surface area contributed by atoms with E-state index in [2.05, 4.69) is 5.32 Å². The van der Waals surface area contributed by atoms with Crippen LogP contribution in [0.3, 0.4) is 0 Å². The van der Waals surface area contributed by atoms with Gasteiger partial charge in [-0.2, -0.15) is 0 Å². The summed E-state index contributed by atoms with van der Waals surface area (Å²) in [5.74, 6) is -0.518. The van der Waals surface area contributed by atoms with Gasteiger partial charge in [0, 0.05) is 12.8 Å². The molecular weight excluding hydrogens is 294 g/mol. The summed E-state index contributed by atoms with van der Waals surface area (Å²) in [6, 6.07) is 16.1. The molecule has 0 saturated carbocycles. The predicted molar refractivity (Wildman–Crippen MR) is 87.4 cm³/mol. The minimum absolute atomic E-state index is 0.105. The summed E-state index contributed by atoms with van der Waals surface area (Å²) in [7, 11) is 1.54. The molecule has 5 heteroatoms. The van der Waals surface area contributed by atoms with Gasteiger partial charge in [0.15, 0.2) is 0 Å². The van der Waals surface area contributed by atoms with Gasteiger partial charge in [0.25, 0.3) is 0 Å². The average molecular weight is 313 g/mol. The number of ether oxygens (including phenoxy) is 2. The Labute approximate surface area is 135 Å². The van der Waals surface area contributed by atoms with Crippen LogP contribution in [0.2, 0.25) is 0 Å².